The van der Waals surface area contributed by atoms with Gasteiger partial charge in [0.1, 0.15) is 5.82 Å². The molecule has 0 spiro atoms. The predicted octanol–water partition coefficient (Wildman–Crippen LogP) is 1.30. The Morgan fingerprint density at radius 3 is 1.71 bits per heavy atom. The van der Waals surface area contributed by atoms with E-state index >= 15 is 0 Å². The topological polar surface area (TPSA) is 62.7 Å². The monoisotopic (exact) mass is 195 g/mol. The molecule has 14 heavy (non-hydrogen) atoms. The van der Waals surface area contributed by atoms with Crippen molar-refractivity contribution in [1.82, 2.24) is 15.0 Å². The van der Waals surface area contributed by atoms with Gasteiger partial charge in [-0.3, -0.25) is 0 Å². The Hall–Kier alpha value is -1.39. The highest BCUT2D eigenvalue weighted by molar-refractivity contribution is 5.34. The van der Waals surface area contributed by atoms with Gasteiger partial charge >= 0.3 is 0 Å². The van der Waals surface area contributed by atoms with Crippen molar-refractivity contribution in [3.8, 4) is 0 Å². The number of hydrogen-bond acceptors (Lipinski definition) is 5. The lowest BCUT2D eigenvalue weighted by Crippen LogP contribution is -2.10. The molecule has 0 amide bonds. The van der Waals surface area contributed by atoms with Gasteiger partial charge in [0.05, 0.1) is 0 Å². The molecule has 0 saturated carbocycles. The largest absolute Gasteiger partial charge is 0.354 e. The van der Waals surface area contributed by atoms with E-state index in [1.807, 2.05) is 20.8 Å². The highest BCUT2D eigenvalue weighted by atomic mass is 15.2. The lowest BCUT2D eigenvalue weighted by Gasteiger charge is -2.06. The maximum atomic E-state index is 4.25. The Kier molecular flexibility index (Phi) is 4.10. The highest BCUT2D eigenvalue weighted by Gasteiger charge is 2.02. The van der Waals surface area contributed by atoms with Crippen LogP contribution in [0.1, 0.15) is 26.6 Å². The van der Waals surface area contributed by atoms with Crippen LogP contribution >= 0.6 is 0 Å². The van der Waals surface area contributed by atoms with Gasteiger partial charge in [0.15, 0.2) is 0 Å². The third kappa shape index (κ3) is 2.83. The first-order valence-corrected chi connectivity index (χ1v) is 5.02. The maximum Gasteiger partial charge on any atom is 0.227 e. The van der Waals surface area contributed by atoms with E-state index in [9.17, 15) is 0 Å². The summed E-state index contributed by atoms with van der Waals surface area (Å²) in [7, 11) is 0. The summed E-state index contributed by atoms with van der Waals surface area (Å²) < 4.78 is 0. The highest BCUT2D eigenvalue weighted by Crippen LogP contribution is 2.05. The average molecular weight is 195 g/mol. The maximum absolute atomic E-state index is 4.25. The van der Waals surface area contributed by atoms with Gasteiger partial charge in [0.25, 0.3) is 0 Å². The van der Waals surface area contributed by atoms with Crippen molar-refractivity contribution in [3.05, 3.63) is 5.82 Å². The van der Waals surface area contributed by atoms with Crippen LogP contribution in [0.3, 0.4) is 0 Å². The Balaban J connectivity index is 2.88. The summed E-state index contributed by atoms with van der Waals surface area (Å²) in [5, 5.41) is 6.16. The SMILES string of the molecule is CCNc1nc(CC)nc(NCC)n1. The second kappa shape index (κ2) is 5.36. The molecule has 0 atom stereocenters. The molecule has 0 aliphatic rings. The molecule has 0 radical (unpaired) electrons. The molecular formula is C9H17N5. The van der Waals surface area contributed by atoms with E-state index in [1.54, 1.807) is 0 Å². The van der Waals surface area contributed by atoms with Crippen molar-refractivity contribution in [1.29, 1.82) is 0 Å². The van der Waals surface area contributed by atoms with Crippen LogP contribution in [0, 0.1) is 0 Å². The number of hydrogen-bond donors (Lipinski definition) is 2. The zero-order valence-electron chi connectivity index (χ0n) is 8.96. The molecule has 0 bridgehead atoms. The molecule has 2 N–H and O–H groups in total. The summed E-state index contributed by atoms with van der Waals surface area (Å²) in [5.74, 6) is 2.11. The Morgan fingerprint density at radius 1 is 0.857 bits per heavy atom. The summed E-state index contributed by atoms with van der Waals surface area (Å²) in [6, 6.07) is 0. The molecule has 1 aromatic heterocycles. The first kappa shape index (κ1) is 10.7. The van der Waals surface area contributed by atoms with Crippen molar-refractivity contribution >= 4 is 11.9 Å². The summed E-state index contributed by atoms with van der Waals surface area (Å²) >= 11 is 0. The van der Waals surface area contributed by atoms with Gasteiger partial charge in [-0.15, -0.1) is 0 Å². The average Bonchev–Trinajstić information content (AvgIpc) is 2.18. The van der Waals surface area contributed by atoms with Gasteiger partial charge in [-0.25, -0.2) is 0 Å². The Bertz CT molecular complexity index is 262. The number of nitrogens with zero attached hydrogens (tertiary/aromatic N) is 3. The molecular weight excluding hydrogens is 178 g/mol. The zero-order valence-corrected chi connectivity index (χ0v) is 8.96. The molecule has 1 heterocycles. The first-order chi connectivity index (χ1) is 6.80. The zero-order chi connectivity index (χ0) is 10.4. The van der Waals surface area contributed by atoms with Gasteiger partial charge in [-0.05, 0) is 13.8 Å². The number of nitrogens with one attached hydrogen (secondary N) is 2. The van der Waals surface area contributed by atoms with Crippen molar-refractivity contribution < 1.29 is 0 Å². The smallest absolute Gasteiger partial charge is 0.227 e. The second-order valence-electron chi connectivity index (χ2n) is 2.81. The minimum Gasteiger partial charge on any atom is -0.354 e. The Labute approximate surface area is 84.4 Å². The van der Waals surface area contributed by atoms with Crippen LogP contribution in [0.5, 0.6) is 0 Å². The van der Waals surface area contributed by atoms with Crippen molar-refractivity contribution in [3.63, 3.8) is 0 Å². The summed E-state index contributed by atoms with van der Waals surface area (Å²) in [5.41, 5.74) is 0. The van der Waals surface area contributed by atoms with E-state index in [-0.39, 0.29) is 0 Å². The second-order valence-corrected chi connectivity index (χ2v) is 2.81. The van der Waals surface area contributed by atoms with Crippen LogP contribution < -0.4 is 10.6 Å². The molecule has 1 aromatic rings. The van der Waals surface area contributed by atoms with Gasteiger partial charge < -0.3 is 10.6 Å². The van der Waals surface area contributed by atoms with Gasteiger partial charge in [-0.2, -0.15) is 15.0 Å². The molecule has 0 aromatic carbocycles. The van der Waals surface area contributed by atoms with Gasteiger partial charge in [0.2, 0.25) is 11.9 Å². The van der Waals surface area contributed by atoms with Crippen LogP contribution in [0.15, 0.2) is 0 Å². The normalized spacial score (nSPS) is 9.93. The van der Waals surface area contributed by atoms with E-state index in [0.717, 1.165) is 25.3 Å². The van der Waals surface area contributed by atoms with Crippen LogP contribution in [-0.2, 0) is 6.42 Å². The van der Waals surface area contributed by atoms with Crippen molar-refractivity contribution in [2.75, 3.05) is 23.7 Å². The molecule has 0 fully saturated rings. The molecule has 5 heteroatoms. The van der Waals surface area contributed by atoms with Crippen LogP contribution in [0.25, 0.3) is 0 Å². The Morgan fingerprint density at radius 2 is 1.36 bits per heavy atom. The summed E-state index contributed by atoms with van der Waals surface area (Å²) in [6.45, 7) is 7.70. The molecule has 1 rings (SSSR count). The van der Waals surface area contributed by atoms with E-state index in [2.05, 4.69) is 25.6 Å². The van der Waals surface area contributed by atoms with Crippen LogP contribution in [-0.4, -0.2) is 28.0 Å². The molecule has 0 aliphatic carbocycles. The number of rotatable bonds is 5. The summed E-state index contributed by atoms with van der Waals surface area (Å²) in [6.07, 6.45) is 0.819. The molecule has 0 saturated heterocycles. The van der Waals surface area contributed by atoms with E-state index < -0.39 is 0 Å². The van der Waals surface area contributed by atoms with Crippen molar-refractivity contribution in [2.45, 2.75) is 27.2 Å². The van der Waals surface area contributed by atoms with Crippen molar-refractivity contribution in [2.24, 2.45) is 0 Å². The fraction of sp³-hybridized carbons (Fsp3) is 0.667. The number of anilines is 2. The van der Waals surface area contributed by atoms with Crippen LogP contribution in [0.4, 0.5) is 11.9 Å². The van der Waals surface area contributed by atoms with Crippen LogP contribution in [0.2, 0.25) is 0 Å². The fourth-order valence-electron chi connectivity index (χ4n) is 1.05. The predicted molar refractivity (Wildman–Crippen MR) is 57.5 cm³/mol. The van der Waals surface area contributed by atoms with E-state index in [0.29, 0.717) is 11.9 Å². The molecule has 78 valence electrons. The number of aryl methyl sites for hydroxylation is 1. The third-order valence-electron chi connectivity index (χ3n) is 1.67. The van der Waals surface area contributed by atoms with Gasteiger partial charge in [0, 0.05) is 19.5 Å². The first-order valence-electron chi connectivity index (χ1n) is 5.02. The minimum atomic E-state index is 0.648. The van der Waals surface area contributed by atoms with E-state index in [4.69, 9.17) is 0 Å². The standard InChI is InChI=1S/C9H17N5/c1-4-7-12-8(10-5-2)14-9(13-7)11-6-3/h4-6H2,1-3H3,(H2,10,11,12,13,14). The molecule has 0 aliphatic heterocycles. The fourth-order valence-corrected chi connectivity index (χ4v) is 1.05. The lowest BCUT2D eigenvalue weighted by atomic mass is 10.4. The van der Waals surface area contributed by atoms with Gasteiger partial charge in [-0.1, -0.05) is 6.92 Å². The molecule has 5 nitrogen and oxygen atoms in total. The summed E-state index contributed by atoms with van der Waals surface area (Å²) in [4.78, 5) is 12.7. The molecule has 0 unspecified atom stereocenters. The lowest BCUT2D eigenvalue weighted by molar-refractivity contribution is 0.891. The third-order valence-corrected chi connectivity index (χ3v) is 1.67. The number of aromatic nitrogens is 3. The van der Waals surface area contributed by atoms with E-state index in [1.165, 1.54) is 0 Å². The minimum absolute atomic E-state index is 0.648. The quantitative estimate of drug-likeness (QED) is 0.741.